The number of carbonyl (C=O) groups is 2. The minimum Gasteiger partial charge on any atom is -0.481 e. The van der Waals surface area contributed by atoms with Crippen LogP contribution in [0.5, 0.6) is 0 Å². The second-order valence-electron chi connectivity index (χ2n) is 9.94. The van der Waals surface area contributed by atoms with Crippen molar-refractivity contribution in [3.63, 3.8) is 0 Å². The summed E-state index contributed by atoms with van der Waals surface area (Å²) in [5.41, 5.74) is 4.51. The van der Waals surface area contributed by atoms with Gasteiger partial charge in [-0.1, -0.05) is 59.7 Å². The molecule has 1 aliphatic rings. The maximum absolute atomic E-state index is 12.9. The maximum Gasteiger partial charge on any atom is 0.322 e. The van der Waals surface area contributed by atoms with Gasteiger partial charge in [-0.3, -0.25) is 4.79 Å². The van der Waals surface area contributed by atoms with E-state index in [0.717, 1.165) is 30.4 Å². The van der Waals surface area contributed by atoms with Crippen LogP contribution in [0.3, 0.4) is 0 Å². The van der Waals surface area contributed by atoms with E-state index in [1.54, 1.807) is 0 Å². The van der Waals surface area contributed by atoms with Crippen molar-refractivity contribution in [2.75, 3.05) is 6.54 Å². The molecule has 0 unspecified atom stereocenters. The number of hydrogen-bond donors (Lipinski definition) is 2. The molecular weight excluding hydrogens is 376 g/mol. The number of nitrogens with zero attached hydrogens (tertiary/aromatic N) is 1. The SMILES string of the molecule is CCc1cc([C@]2(C(C)C)NC(=O)N(CCC(=O)O)C=C2C)ccc1CCC(C)(C)C. The Morgan fingerprint density at radius 1 is 1.23 bits per heavy atom. The predicted octanol–water partition coefficient (Wildman–Crippen LogP) is 5.48. The van der Waals surface area contributed by atoms with Crippen molar-refractivity contribution >= 4 is 12.0 Å². The molecule has 2 amide bonds. The van der Waals surface area contributed by atoms with Gasteiger partial charge in [-0.2, -0.15) is 0 Å². The molecule has 0 aliphatic carbocycles. The van der Waals surface area contributed by atoms with Gasteiger partial charge in [0, 0.05) is 12.7 Å². The van der Waals surface area contributed by atoms with Gasteiger partial charge in [0.25, 0.3) is 0 Å². The van der Waals surface area contributed by atoms with Crippen LogP contribution in [0.4, 0.5) is 4.79 Å². The molecule has 1 aliphatic heterocycles. The standard InChI is InChI=1S/C25H38N2O3/c1-8-19-15-21(10-9-20(19)11-13-24(5,6)7)25(17(2)3)18(4)16-27(23(30)26-25)14-12-22(28)29/h9-10,15-17H,8,11-14H2,1-7H3,(H,26,30)(H,28,29)/t25-/m1/s1. The molecule has 5 heteroatoms. The van der Waals surface area contributed by atoms with Gasteiger partial charge in [0.05, 0.1) is 12.0 Å². The Hall–Kier alpha value is -2.30. The highest BCUT2D eigenvalue weighted by molar-refractivity contribution is 5.80. The minimum absolute atomic E-state index is 0.0751. The van der Waals surface area contributed by atoms with E-state index in [4.69, 9.17) is 5.11 Å². The minimum atomic E-state index is -0.909. The third-order valence-electron chi connectivity index (χ3n) is 6.16. The number of carbonyl (C=O) groups excluding carboxylic acids is 1. The van der Waals surface area contributed by atoms with Crippen molar-refractivity contribution in [3.05, 3.63) is 46.7 Å². The fraction of sp³-hybridized carbons (Fsp3) is 0.600. The fourth-order valence-electron chi connectivity index (χ4n) is 4.30. The number of aryl methyl sites for hydroxylation is 2. The normalized spacial score (nSPS) is 19.7. The van der Waals surface area contributed by atoms with Gasteiger partial charge in [-0.15, -0.1) is 0 Å². The van der Waals surface area contributed by atoms with Crippen molar-refractivity contribution < 1.29 is 14.7 Å². The van der Waals surface area contributed by atoms with Crippen LogP contribution in [0, 0.1) is 11.3 Å². The second-order valence-corrected chi connectivity index (χ2v) is 9.94. The third kappa shape index (κ3) is 5.24. The number of aliphatic carboxylic acids is 1. The summed E-state index contributed by atoms with van der Waals surface area (Å²) in [6.45, 7) is 15.4. The first kappa shape index (κ1) is 24.0. The Morgan fingerprint density at radius 2 is 1.90 bits per heavy atom. The van der Waals surface area contributed by atoms with Crippen LogP contribution in [0.25, 0.3) is 0 Å². The average Bonchev–Trinajstić information content (AvgIpc) is 2.65. The summed E-state index contributed by atoms with van der Waals surface area (Å²) in [5.74, 6) is -0.766. The van der Waals surface area contributed by atoms with Crippen molar-refractivity contribution in [2.24, 2.45) is 11.3 Å². The first-order chi connectivity index (χ1) is 13.9. The van der Waals surface area contributed by atoms with Gasteiger partial charge in [-0.25, -0.2) is 4.79 Å². The molecule has 0 bridgehead atoms. The zero-order chi connectivity index (χ0) is 22.7. The summed E-state index contributed by atoms with van der Waals surface area (Å²) in [6.07, 6.45) is 4.87. The molecule has 2 rings (SSSR count). The van der Waals surface area contributed by atoms with Crippen LogP contribution in [0.15, 0.2) is 30.0 Å². The van der Waals surface area contributed by atoms with E-state index in [2.05, 4.69) is 65.1 Å². The molecule has 0 saturated carbocycles. The predicted molar refractivity (Wildman–Crippen MR) is 121 cm³/mol. The summed E-state index contributed by atoms with van der Waals surface area (Å²) in [7, 11) is 0. The van der Waals surface area contributed by atoms with Crippen molar-refractivity contribution in [1.82, 2.24) is 10.2 Å². The molecular formula is C25H38N2O3. The Bertz CT molecular complexity index is 820. The number of hydrogen-bond acceptors (Lipinski definition) is 2. The largest absolute Gasteiger partial charge is 0.481 e. The first-order valence-electron chi connectivity index (χ1n) is 11.0. The number of urea groups is 1. The number of rotatable bonds is 8. The lowest BCUT2D eigenvalue weighted by molar-refractivity contribution is -0.137. The number of nitrogens with one attached hydrogen (secondary N) is 1. The number of benzene rings is 1. The molecule has 0 fully saturated rings. The van der Waals surface area contributed by atoms with Gasteiger partial charge in [0.1, 0.15) is 0 Å². The molecule has 2 N–H and O–H groups in total. The van der Waals surface area contributed by atoms with Crippen LogP contribution in [0.2, 0.25) is 0 Å². The van der Waals surface area contributed by atoms with Gasteiger partial charge in [0.15, 0.2) is 0 Å². The first-order valence-corrected chi connectivity index (χ1v) is 11.0. The zero-order valence-corrected chi connectivity index (χ0v) is 19.6. The lowest BCUT2D eigenvalue weighted by atomic mass is 9.73. The van der Waals surface area contributed by atoms with Gasteiger partial charge in [0.2, 0.25) is 0 Å². The van der Waals surface area contributed by atoms with Gasteiger partial charge < -0.3 is 15.3 Å². The molecule has 30 heavy (non-hydrogen) atoms. The monoisotopic (exact) mass is 414 g/mol. The Balaban J connectivity index is 2.43. The van der Waals surface area contributed by atoms with Crippen LogP contribution in [0.1, 0.15) is 78.0 Å². The highest BCUT2D eigenvalue weighted by Gasteiger charge is 2.43. The summed E-state index contributed by atoms with van der Waals surface area (Å²) in [6, 6.07) is 6.38. The molecule has 166 valence electrons. The number of carboxylic acids is 1. The van der Waals surface area contributed by atoms with Crippen molar-refractivity contribution in [2.45, 2.75) is 79.7 Å². The molecule has 1 aromatic carbocycles. The van der Waals surface area contributed by atoms with Crippen LogP contribution in [-0.4, -0.2) is 28.6 Å². The van der Waals surface area contributed by atoms with Crippen LogP contribution >= 0.6 is 0 Å². The molecule has 5 nitrogen and oxygen atoms in total. The van der Waals surface area contributed by atoms with Crippen molar-refractivity contribution in [1.29, 1.82) is 0 Å². The summed E-state index contributed by atoms with van der Waals surface area (Å²) in [4.78, 5) is 25.3. The van der Waals surface area contributed by atoms with Crippen molar-refractivity contribution in [3.8, 4) is 0 Å². The van der Waals surface area contributed by atoms with Crippen LogP contribution < -0.4 is 5.32 Å². The highest BCUT2D eigenvalue weighted by Crippen LogP contribution is 2.40. The van der Waals surface area contributed by atoms with E-state index in [9.17, 15) is 9.59 Å². The Labute approximate surface area is 181 Å². The van der Waals surface area contributed by atoms with Gasteiger partial charge in [-0.05, 0) is 59.8 Å². The van der Waals surface area contributed by atoms with Gasteiger partial charge >= 0.3 is 12.0 Å². The molecule has 1 atom stereocenters. The van der Waals surface area contributed by atoms with E-state index >= 15 is 0 Å². The molecule has 0 spiro atoms. The molecule has 0 saturated heterocycles. The summed E-state index contributed by atoms with van der Waals surface area (Å²) < 4.78 is 0. The second kappa shape index (κ2) is 9.23. The fourth-order valence-corrected chi connectivity index (χ4v) is 4.30. The number of carboxylic acid groups (broad SMARTS) is 1. The van der Waals surface area contributed by atoms with E-state index < -0.39 is 11.5 Å². The highest BCUT2D eigenvalue weighted by atomic mass is 16.4. The molecule has 1 aromatic rings. The Kier molecular flexibility index (Phi) is 7.38. The third-order valence-corrected chi connectivity index (χ3v) is 6.16. The van der Waals surface area contributed by atoms with Crippen LogP contribution in [-0.2, 0) is 23.2 Å². The summed E-state index contributed by atoms with van der Waals surface area (Å²) in [5, 5.41) is 12.2. The zero-order valence-electron chi connectivity index (χ0n) is 19.6. The number of amides is 2. The van der Waals surface area contributed by atoms with E-state index in [1.807, 2.05) is 13.1 Å². The Morgan fingerprint density at radius 3 is 2.43 bits per heavy atom. The molecule has 0 aromatic heterocycles. The lowest BCUT2D eigenvalue weighted by Crippen LogP contribution is -2.57. The maximum atomic E-state index is 12.9. The average molecular weight is 415 g/mol. The van der Waals surface area contributed by atoms with E-state index in [-0.39, 0.29) is 24.9 Å². The quantitative estimate of drug-likeness (QED) is 0.591. The summed E-state index contributed by atoms with van der Waals surface area (Å²) >= 11 is 0. The smallest absolute Gasteiger partial charge is 0.322 e. The molecule has 1 heterocycles. The van der Waals surface area contributed by atoms with E-state index in [1.165, 1.54) is 16.0 Å². The lowest BCUT2D eigenvalue weighted by Gasteiger charge is -2.45. The topological polar surface area (TPSA) is 69.6 Å². The van der Waals surface area contributed by atoms with E-state index in [0.29, 0.717) is 5.41 Å². The molecule has 0 radical (unpaired) electrons.